The second kappa shape index (κ2) is 13.2. The summed E-state index contributed by atoms with van der Waals surface area (Å²) in [6, 6.07) is 43.0. The van der Waals surface area contributed by atoms with E-state index in [1.54, 1.807) is 0 Å². The van der Waals surface area contributed by atoms with Crippen molar-refractivity contribution < 1.29 is 0 Å². The summed E-state index contributed by atoms with van der Waals surface area (Å²) < 4.78 is 2.43. The fourth-order valence-corrected chi connectivity index (χ4v) is 7.23. The monoisotopic (exact) mass is 623 g/mol. The third kappa shape index (κ3) is 6.14. The molecule has 48 heavy (non-hydrogen) atoms. The molecule has 1 aliphatic carbocycles. The molecule has 6 aromatic rings. The van der Waals surface area contributed by atoms with E-state index >= 15 is 0 Å². The van der Waals surface area contributed by atoms with Crippen molar-refractivity contribution >= 4 is 27.4 Å². The topological polar surface area (TPSA) is 4.93 Å². The van der Waals surface area contributed by atoms with Gasteiger partial charge in [-0.3, -0.25) is 0 Å². The molecular weight excluding hydrogens is 579 g/mol. The van der Waals surface area contributed by atoms with E-state index in [2.05, 4.69) is 186 Å². The summed E-state index contributed by atoms with van der Waals surface area (Å²) in [5.74, 6) is 0.987. The predicted molar refractivity (Wildman–Crippen MR) is 209 cm³/mol. The zero-order valence-corrected chi connectivity index (χ0v) is 29.1. The Kier molecular flexibility index (Phi) is 8.63. The molecule has 0 N–H and O–H groups in total. The van der Waals surface area contributed by atoms with Crippen LogP contribution in [0, 0.1) is 5.92 Å². The summed E-state index contributed by atoms with van der Waals surface area (Å²) in [5, 5.41) is 2.54. The molecule has 1 aliphatic rings. The minimum atomic E-state index is 0.465. The Labute approximate surface area is 286 Å². The second-order valence-electron chi connectivity index (χ2n) is 14.0. The van der Waals surface area contributed by atoms with Crippen molar-refractivity contribution in [2.24, 2.45) is 5.92 Å². The Hall–Kier alpha value is -5.14. The fourth-order valence-electron chi connectivity index (χ4n) is 7.23. The number of rotatable bonds is 7. The lowest BCUT2D eigenvalue weighted by atomic mass is 9.84. The van der Waals surface area contributed by atoms with Gasteiger partial charge in [0.1, 0.15) is 0 Å². The summed E-state index contributed by atoms with van der Waals surface area (Å²) in [6.07, 6.45) is 10.3. The van der Waals surface area contributed by atoms with Gasteiger partial charge in [0.05, 0.1) is 11.0 Å². The molecule has 1 heterocycles. The molecular formula is C47H45N. The van der Waals surface area contributed by atoms with Crippen LogP contribution in [0.15, 0.2) is 156 Å². The number of allylic oxidation sites excluding steroid dienone is 8. The van der Waals surface area contributed by atoms with Gasteiger partial charge in [0.2, 0.25) is 0 Å². The molecule has 0 radical (unpaired) electrons. The van der Waals surface area contributed by atoms with Gasteiger partial charge in [0, 0.05) is 22.4 Å². The molecule has 1 heteroatoms. The number of aromatic nitrogens is 1. The molecule has 1 atom stereocenters. The maximum atomic E-state index is 2.43. The van der Waals surface area contributed by atoms with Crippen LogP contribution >= 0.6 is 0 Å². The van der Waals surface area contributed by atoms with Gasteiger partial charge in [-0.05, 0) is 103 Å². The number of hydrogen-bond acceptors (Lipinski definition) is 0. The molecule has 0 saturated carbocycles. The zero-order valence-electron chi connectivity index (χ0n) is 29.1. The Morgan fingerprint density at radius 3 is 1.79 bits per heavy atom. The lowest BCUT2D eigenvalue weighted by Crippen LogP contribution is -2.03. The van der Waals surface area contributed by atoms with Crippen LogP contribution in [0.1, 0.15) is 65.0 Å². The smallest absolute Gasteiger partial charge is 0.0547 e. The molecule has 0 spiro atoms. The summed E-state index contributed by atoms with van der Waals surface area (Å²) >= 11 is 0. The number of para-hydroxylation sites is 1. The maximum Gasteiger partial charge on any atom is 0.0547 e. The van der Waals surface area contributed by atoms with Crippen LogP contribution in [-0.2, 0) is 0 Å². The van der Waals surface area contributed by atoms with Crippen molar-refractivity contribution in [3.8, 4) is 27.9 Å². The van der Waals surface area contributed by atoms with Crippen LogP contribution in [0.5, 0.6) is 0 Å². The molecule has 5 aromatic carbocycles. The van der Waals surface area contributed by atoms with Gasteiger partial charge in [-0.1, -0.05) is 146 Å². The van der Waals surface area contributed by atoms with Gasteiger partial charge in [-0.2, -0.15) is 0 Å². The first-order chi connectivity index (χ1) is 23.3. The van der Waals surface area contributed by atoms with Crippen LogP contribution in [-0.4, -0.2) is 4.57 Å². The third-order valence-corrected chi connectivity index (χ3v) is 9.82. The van der Waals surface area contributed by atoms with Crippen molar-refractivity contribution in [3.05, 3.63) is 167 Å². The lowest BCUT2D eigenvalue weighted by molar-refractivity contribution is 0.790. The highest BCUT2D eigenvalue weighted by atomic mass is 15.0. The number of fused-ring (bicyclic) bond motifs is 3. The quantitative estimate of drug-likeness (QED) is 0.156. The minimum Gasteiger partial charge on any atom is -0.309 e. The summed E-state index contributed by atoms with van der Waals surface area (Å²) in [7, 11) is 0. The van der Waals surface area contributed by atoms with Crippen molar-refractivity contribution in [3.63, 3.8) is 0 Å². The van der Waals surface area contributed by atoms with Crippen LogP contribution in [0.4, 0.5) is 0 Å². The van der Waals surface area contributed by atoms with Gasteiger partial charge in [0.15, 0.2) is 0 Å². The van der Waals surface area contributed by atoms with E-state index in [0.717, 1.165) is 6.42 Å². The van der Waals surface area contributed by atoms with Crippen molar-refractivity contribution in [1.82, 2.24) is 4.57 Å². The highest BCUT2D eigenvalue weighted by Gasteiger charge is 2.17. The highest BCUT2D eigenvalue weighted by Crippen LogP contribution is 2.38. The number of benzene rings is 5. The number of hydrogen-bond donors (Lipinski definition) is 0. The minimum absolute atomic E-state index is 0.465. The Bertz CT molecular complexity index is 2230. The SMILES string of the molecule is CC1=CCC(c2ccc(-c3ccc4c5ccc(-c6ccc(C(/C=C\C(C)C)=C(C)C)cc6)cc5n(-c5ccccc5)c4c3)cc2)C(C)=C1. The molecule has 0 aliphatic heterocycles. The average Bonchev–Trinajstić information content (AvgIpc) is 3.42. The highest BCUT2D eigenvalue weighted by molar-refractivity contribution is 6.11. The lowest BCUT2D eigenvalue weighted by Gasteiger charge is -2.21. The molecule has 238 valence electrons. The third-order valence-electron chi connectivity index (χ3n) is 9.82. The Morgan fingerprint density at radius 2 is 1.25 bits per heavy atom. The standard InChI is InChI=1S/C47H45N/c1-31(2)12-24-42(32(3)4)37-18-14-35(15-19-37)39-22-26-44-45-27-23-40(30-47(45)48(46(44)29-39)41-10-8-7-9-11-41)36-16-20-38(21-17-36)43-25-13-33(5)28-34(43)6/h7-24,26-31,43H,25H2,1-6H3/b24-12-. The molecule has 0 bridgehead atoms. The first-order valence-electron chi connectivity index (χ1n) is 17.3. The van der Waals surface area contributed by atoms with Gasteiger partial charge in [-0.25, -0.2) is 0 Å². The van der Waals surface area contributed by atoms with Crippen LogP contribution < -0.4 is 0 Å². The Balaban J connectivity index is 1.29. The predicted octanol–water partition coefficient (Wildman–Crippen LogP) is 13.5. The van der Waals surface area contributed by atoms with Gasteiger partial charge in [0.25, 0.3) is 0 Å². The molecule has 0 saturated heterocycles. The van der Waals surface area contributed by atoms with E-state index in [-0.39, 0.29) is 0 Å². The molecule has 1 nitrogen and oxygen atoms in total. The van der Waals surface area contributed by atoms with E-state index in [9.17, 15) is 0 Å². The second-order valence-corrected chi connectivity index (χ2v) is 14.0. The van der Waals surface area contributed by atoms with Gasteiger partial charge >= 0.3 is 0 Å². The first-order valence-corrected chi connectivity index (χ1v) is 17.3. The van der Waals surface area contributed by atoms with Crippen molar-refractivity contribution in [2.45, 2.75) is 53.9 Å². The average molecular weight is 624 g/mol. The summed E-state index contributed by atoms with van der Waals surface area (Å²) in [5.41, 5.74) is 16.6. The normalized spacial score (nSPS) is 14.9. The van der Waals surface area contributed by atoms with Gasteiger partial charge < -0.3 is 4.57 Å². The first kappa shape index (κ1) is 31.5. The van der Waals surface area contributed by atoms with Crippen molar-refractivity contribution in [1.29, 1.82) is 0 Å². The van der Waals surface area contributed by atoms with Crippen LogP contribution in [0.25, 0.3) is 55.3 Å². The van der Waals surface area contributed by atoms with Crippen LogP contribution in [0.2, 0.25) is 0 Å². The summed E-state index contributed by atoms with van der Waals surface area (Å²) in [6.45, 7) is 13.3. The largest absolute Gasteiger partial charge is 0.309 e. The molecule has 0 fully saturated rings. The van der Waals surface area contributed by atoms with Gasteiger partial charge in [-0.15, -0.1) is 0 Å². The molecule has 1 aromatic heterocycles. The number of nitrogens with zero attached hydrogens (tertiary/aromatic N) is 1. The molecule has 7 rings (SSSR count). The maximum absolute atomic E-state index is 2.43. The van der Waals surface area contributed by atoms with E-state index < -0.39 is 0 Å². The Morgan fingerprint density at radius 1 is 0.688 bits per heavy atom. The van der Waals surface area contributed by atoms with E-state index in [1.807, 2.05) is 0 Å². The van der Waals surface area contributed by atoms with E-state index in [0.29, 0.717) is 11.8 Å². The van der Waals surface area contributed by atoms with E-state index in [1.165, 1.54) is 83.2 Å². The van der Waals surface area contributed by atoms with Crippen LogP contribution in [0.3, 0.4) is 0 Å². The zero-order chi connectivity index (χ0) is 33.4. The molecule has 0 amide bonds. The fraction of sp³-hybridized carbons (Fsp3) is 0.191. The summed E-state index contributed by atoms with van der Waals surface area (Å²) in [4.78, 5) is 0. The van der Waals surface area contributed by atoms with E-state index in [4.69, 9.17) is 0 Å². The van der Waals surface area contributed by atoms with Crippen molar-refractivity contribution in [2.75, 3.05) is 0 Å². The molecule has 1 unspecified atom stereocenters.